The second-order valence-corrected chi connectivity index (χ2v) is 6.55. The summed E-state index contributed by atoms with van der Waals surface area (Å²) in [5, 5.41) is 5.13. The molecule has 0 saturated heterocycles. The molecular formula is C22H25FN2O5. The fraction of sp³-hybridized carbons (Fsp3) is 0.318. The van der Waals surface area contributed by atoms with Crippen molar-refractivity contribution in [3.05, 3.63) is 65.5 Å². The van der Waals surface area contributed by atoms with Gasteiger partial charge in [-0.1, -0.05) is 12.1 Å². The average Bonchev–Trinajstić information content (AvgIpc) is 2.73. The minimum absolute atomic E-state index is 0.366. The van der Waals surface area contributed by atoms with Crippen LogP contribution < -0.4 is 15.4 Å². The number of hydrogen-bond acceptors (Lipinski definition) is 5. The third-order valence-electron chi connectivity index (χ3n) is 4.23. The highest BCUT2D eigenvalue weighted by molar-refractivity contribution is 5.96. The van der Waals surface area contributed by atoms with Crippen molar-refractivity contribution < 1.29 is 28.2 Å². The van der Waals surface area contributed by atoms with E-state index in [1.807, 2.05) is 6.92 Å². The van der Waals surface area contributed by atoms with Crippen LogP contribution in [0.15, 0.2) is 48.5 Å². The van der Waals surface area contributed by atoms with Crippen molar-refractivity contribution >= 4 is 17.8 Å². The van der Waals surface area contributed by atoms with Crippen LogP contribution >= 0.6 is 0 Å². The van der Waals surface area contributed by atoms with Gasteiger partial charge in [0.25, 0.3) is 11.8 Å². The Bertz CT molecular complexity index is 868. The van der Waals surface area contributed by atoms with Crippen molar-refractivity contribution in [2.75, 3.05) is 13.2 Å². The van der Waals surface area contributed by atoms with Gasteiger partial charge >= 0.3 is 5.97 Å². The highest BCUT2D eigenvalue weighted by Crippen LogP contribution is 2.13. The summed E-state index contributed by atoms with van der Waals surface area (Å²) < 4.78 is 23.4. The predicted molar refractivity (Wildman–Crippen MR) is 108 cm³/mol. The van der Waals surface area contributed by atoms with Crippen LogP contribution in [0.5, 0.6) is 5.75 Å². The summed E-state index contributed by atoms with van der Waals surface area (Å²) in [4.78, 5) is 36.3. The van der Waals surface area contributed by atoms with Gasteiger partial charge in [-0.25, -0.2) is 4.39 Å². The Labute approximate surface area is 174 Å². The molecule has 8 heteroatoms. The molecule has 0 saturated carbocycles. The molecule has 160 valence electrons. The number of nitrogens with one attached hydrogen (secondary N) is 2. The summed E-state index contributed by atoms with van der Waals surface area (Å²) >= 11 is 0. The first-order valence-electron chi connectivity index (χ1n) is 9.56. The van der Waals surface area contributed by atoms with Gasteiger partial charge in [0, 0.05) is 5.56 Å². The van der Waals surface area contributed by atoms with Gasteiger partial charge in [0.2, 0.25) is 0 Å². The van der Waals surface area contributed by atoms with E-state index in [-0.39, 0.29) is 12.4 Å². The molecule has 0 radical (unpaired) electrons. The van der Waals surface area contributed by atoms with Crippen LogP contribution in [0.4, 0.5) is 4.39 Å². The zero-order valence-corrected chi connectivity index (χ0v) is 17.1. The van der Waals surface area contributed by atoms with Gasteiger partial charge in [-0.3, -0.25) is 14.4 Å². The van der Waals surface area contributed by atoms with E-state index in [0.717, 1.165) is 0 Å². The Hall–Kier alpha value is -3.42. The van der Waals surface area contributed by atoms with E-state index in [9.17, 15) is 18.8 Å². The highest BCUT2D eigenvalue weighted by Gasteiger charge is 2.20. The zero-order chi connectivity index (χ0) is 22.1. The largest absolute Gasteiger partial charge is 0.494 e. The molecule has 0 unspecified atom stereocenters. The summed E-state index contributed by atoms with van der Waals surface area (Å²) in [5.41, 5.74) is 1.08. The average molecular weight is 416 g/mol. The SMILES string of the molecule is CCOc1ccc(C(=O)NCC(=O)O[C@@H](C)C(=O)N[C@H](C)c2ccc(F)cc2)cc1. The molecular weight excluding hydrogens is 391 g/mol. The van der Waals surface area contributed by atoms with E-state index in [4.69, 9.17) is 9.47 Å². The number of ether oxygens (including phenoxy) is 2. The van der Waals surface area contributed by atoms with Crippen molar-refractivity contribution in [2.24, 2.45) is 0 Å². The number of rotatable bonds is 9. The van der Waals surface area contributed by atoms with E-state index in [1.54, 1.807) is 43.3 Å². The lowest BCUT2D eigenvalue weighted by molar-refractivity contribution is -0.154. The fourth-order valence-corrected chi connectivity index (χ4v) is 2.58. The lowest BCUT2D eigenvalue weighted by Gasteiger charge is -2.18. The smallest absolute Gasteiger partial charge is 0.326 e. The summed E-state index contributed by atoms with van der Waals surface area (Å²) in [6, 6.07) is 11.8. The number of esters is 1. The molecule has 0 aliphatic carbocycles. The molecule has 0 spiro atoms. The standard InChI is InChI=1S/C22H25FN2O5/c1-4-29-19-11-7-17(8-12-19)22(28)24-13-20(26)30-15(3)21(27)25-14(2)16-5-9-18(23)10-6-16/h5-12,14-15H,4,13H2,1-3H3,(H,24,28)(H,25,27)/t14-,15+/m1/s1. The Balaban J connectivity index is 1.78. The van der Waals surface area contributed by atoms with Crippen LogP contribution in [0.1, 0.15) is 42.7 Å². The van der Waals surface area contributed by atoms with Gasteiger partial charge < -0.3 is 20.1 Å². The van der Waals surface area contributed by atoms with Gasteiger partial charge in [0.1, 0.15) is 18.1 Å². The molecule has 0 heterocycles. The van der Waals surface area contributed by atoms with Gasteiger partial charge in [-0.05, 0) is 62.7 Å². The number of hydrogen-bond donors (Lipinski definition) is 2. The van der Waals surface area contributed by atoms with Crippen molar-refractivity contribution in [1.29, 1.82) is 0 Å². The van der Waals surface area contributed by atoms with Crippen LogP contribution in [-0.2, 0) is 14.3 Å². The highest BCUT2D eigenvalue weighted by atomic mass is 19.1. The van der Waals surface area contributed by atoms with E-state index < -0.39 is 29.9 Å². The number of amides is 2. The Morgan fingerprint density at radius 2 is 1.63 bits per heavy atom. The molecule has 2 N–H and O–H groups in total. The van der Waals surface area contributed by atoms with Crippen LogP contribution in [0.3, 0.4) is 0 Å². The first-order chi connectivity index (χ1) is 14.3. The fourth-order valence-electron chi connectivity index (χ4n) is 2.58. The molecule has 0 aliphatic rings. The van der Waals surface area contributed by atoms with Crippen LogP contribution in [-0.4, -0.2) is 37.0 Å². The summed E-state index contributed by atoms with van der Waals surface area (Å²) in [5.74, 6) is -1.42. The Kier molecular flexibility index (Phi) is 8.34. The molecule has 0 aromatic heterocycles. The summed E-state index contributed by atoms with van der Waals surface area (Å²) in [6.45, 7) is 5.16. The molecule has 2 aromatic carbocycles. The third-order valence-corrected chi connectivity index (χ3v) is 4.23. The number of halogens is 1. The summed E-state index contributed by atoms with van der Waals surface area (Å²) in [6.07, 6.45) is -1.05. The molecule has 0 bridgehead atoms. The van der Waals surface area contributed by atoms with E-state index in [1.165, 1.54) is 19.1 Å². The Morgan fingerprint density at radius 1 is 1.00 bits per heavy atom. The first kappa shape index (κ1) is 22.9. The Morgan fingerprint density at radius 3 is 2.23 bits per heavy atom. The normalized spacial score (nSPS) is 12.4. The van der Waals surface area contributed by atoms with Gasteiger partial charge in [0.05, 0.1) is 12.6 Å². The molecule has 7 nitrogen and oxygen atoms in total. The third kappa shape index (κ3) is 6.88. The van der Waals surface area contributed by atoms with E-state index >= 15 is 0 Å². The van der Waals surface area contributed by atoms with Crippen molar-refractivity contribution in [3.63, 3.8) is 0 Å². The monoisotopic (exact) mass is 416 g/mol. The lowest BCUT2D eigenvalue weighted by atomic mass is 10.1. The van der Waals surface area contributed by atoms with Gasteiger partial charge in [-0.2, -0.15) is 0 Å². The topological polar surface area (TPSA) is 93.7 Å². The second kappa shape index (κ2) is 10.9. The molecule has 2 rings (SSSR count). The van der Waals surface area contributed by atoms with Gasteiger partial charge in [-0.15, -0.1) is 0 Å². The number of carbonyl (C=O) groups is 3. The second-order valence-electron chi connectivity index (χ2n) is 6.55. The first-order valence-corrected chi connectivity index (χ1v) is 9.56. The van der Waals surface area contributed by atoms with Crippen molar-refractivity contribution in [2.45, 2.75) is 32.9 Å². The lowest BCUT2D eigenvalue weighted by Crippen LogP contribution is -2.39. The zero-order valence-electron chi connectivity index (χ0n) is 17.1. The predicted octanol–water partition coefficient (Wildman–Crippen LogP) is 2.76. The van der Waals surface area contributed by atoms with Gasteiger partial charge in [0.15, 0.2) is 6.10 Å². The molecule has 30 heavy (non-hydrogen) atoms. The minimum Gasteiger partial charge on any atom is -0.494 e. The van der Waals surface area contributed by atoms with E-state index in [0.29, 0.717) is 23.5 Å². The maximum absolute atomic E-state index is 13.0. The van der Waals surface area contributed by atoms with Crippen LogP contribution in [0, 0.1) is 5.82 Å². The molecule has 2 amide bonds. The van der Waals surface area contributed by atoms with Crippen LogP contribution in [0.2, 0.25) is 0 Å². The molecule has 2 aromatic rings. The number of carbonyl (C=O) groups excluding carboxylic acids is 3. The molecule has 2 atom stereocenters. The van der Waals surface area contributed by atoms with Crippen molar-refractivity contribution in [1.82, 2.24) is 10.6 Å². The number of benzene rings is 2. The maximum atomic E-state index is 13.0. The molecule has 0 aliphatic heterocycles. The van der Waals surface area contributed by atoms with E-state index in [2.05, 4.69) is 10.6 Å². The quantitative estimate of drug-likeness (QED) is 0.613. The van der Waals surface area contributed by atoms with Crippen molar-refractivity contribution in [3.8, 4) is 5.75 Å². The van der Waals surface area contributed by atoms with Crippen LogP contribution in [0.25, 0.3) is 0 Å². The molecule has 0 fully saturated rings. The minimum atomic E-state index is -1.05. The summed E-state index contributed by atoms with van der Waals surface area (Å²) in [7, 11) is 0. The maximum Gasteiger partial charge on any atom is 0.326 e.